The number of methoxy groups -OCH3 is 2. The molecule has 11 atom stereocenters. The molecule has 0 aromatic heterocycles. The van der Waals surface area contributed by atoms with Crippen LogP contribution in [0.15, 0.2) is 102 Å². The Morgan fingerprint density at radius 3 is 2.00 bits per heavy atom. The average molecular weight is 838 g/mol. The van der Waals surface area contributed by atoms with E-state index in [0.717, 1.165) is 0 Å². The minimum Gasteiger partial charge on any atom is -0.456 e. The molecule has 1 unspecified atom stereocenters. The number of esters is 3. The van der Waals surface area contributed by atoms with Gasteiger partial charge in [0.05, 0.1) is 35.6 Å². The van der Waals surface area contributed by atoms with Crippen molar-refractivity contribution in [3.05, 3.63) is 119 Å². The van der Waals surface area contributed by atoms with Gasteiger partial charge in [0.2, 0.25) is 0 Å². The first-order valence-corrected chi connectivity index (χ1v) is 20.7. The van der Waals surface area contributed by atoms with E-state index in [9.17, 15) is 24.3 Å². The highest BCUT2D eigenvalue weighted by atomic mass is 16.6. The number of ketones is 1. The largest absolute Gasteiger partial charge is 0.456 e. The van der Waals surface area contributed by atoms with Crippen LogP contribution in [0, 0.1) is 22.7 Å². The molecule has 3 aromatic carbocycles. The fraction of sp³-hybridized carbons (Fsp3) is 0.479. The molecule has 0 spiro atoms. The van der Waals surface area contributed by atoms with Crippen molar-refractivity contribution in [2.45, 2.75) is 102 Å². The van der Waals surface area contributed by atoms with Crippen LogP contribution < -0.4 is 5.32 Å². The van der Waals surface area contributed by atoms with Crippen LogP contribution in [0.1, 0.15) is 86.7 Å². The van der Waals surface area contributed by atoms with E-state index < -0.39 is 94.2 Å². The lowest BCUT2D eigenvalue weighted by atomic mass is 9.43. The van der Waals surface area contributed by atoms with Gasteiger partial charge in [-0.05, 0) is 54.8 Å². The maximum absolute atomic E-state index is 15.5. The number of carbonyl (C=O) groups excluding carboxylic acids is 5. The highest BCUT2D eigenvalue weighted by Gasteiger charge is 2.78. The Labute approximate surface area is 356 Å². The molecule has 13 heteroatoms. The predicted molar refractivity (Wildman–Crippen MR) is 221 cm³/mol. The van der Waals surface area contributed by atoms with Gasteiger partial charge >= 0.3 is 17.9 Å². The summed E-state index contributed by atoms with van der Waals surface area (Å²) >= 11 is 0. The SMILES string of the molecule is CO[C@H](C(=O)OC1C[C@@]2(O)[C@H](OC(=O)c3ccccc3)[C@H]3[C@@]4(OC(C)=O)CO[C@@H]4C[C@H](OC)[C@@]3(C)C(=O)[C@H](C)C(=C1C)C2(C)C)[C@H](NC(=O)c1ccccc1)c1ccccc1. The van der Waals surface area contributed by atoms with Gasteiger partial charge in [-0.3, -0.25) is 14.4 Å². The van der Waals surface area contributed by atoms with Crippen molar-refractivity contribution in [2.75, 3.05) is 20.8 Å². The third kappa shape index (κ3) is 7.18. The summed E-state index contributed by atoms with van der Waals surface area (Å²) in [4.78, 5) is 71.1. The zero-order valence-corrected chi connectivity index (χ0v) is 35.8. The fourth-order valence-electron chi connectivity index (χ4n) is 11.0. The van der Waals surface area contributed by atoms with E-state index >= 15 is 4.79 Å². The van der Waals surface area contributed by atoms with Gasteiger partial charge in [-0.25, -0.2) is 9.59 Å². The van der Waals surface area contributed by atoms with Gasteiger partial charge in [-0.15, -0.1) is 0 Å². The molecule has 1 aliphatic heterocycles. The lowest BCUT2D eigenvalue weighted by Crippen LogP contribution is -2.81. The van der Waals surface area contributed by atoms with Crippen molar-refractivity contribution in [3.63, 3.8) is 0 Å². The van der Waals surface area contributed by atoms with E-state index in [4.69, 9.17) is 28.4 Å². The Hall–Kier alpha value is -5.21. The molecule has 1 heterocycles. The molecule has 324 valence electrons. The number of benzene rings is 3. The summed E-state index contributed by atoms with van der Waals surface area (Å²) in [5.41, 5.74) is -4.27. The van der Waals surface area contributed by atoms with Gasteiger partial charge < -0.3 is 38.8 Å². The molecule has 2 N–H and O–H groups in total. The minimum absolute atomic E-state index is 0.128. The van der Waals surface area contributed by atoms with Gasteiger partial charge in [0.25, 0.3) is 5.91 Å². The maximum Gasteiger partial charge on any atom is 0.338 e. The van der Waals surface area contributed by atoms with E-state index in [1.54, 1.807) is 120 Å². The summed E-state index contributed by atoms with van der Waals surface area (Å²) in [5, 5.41) is 16.7. The van der Waals surface area contributed by atoms with Crippen LogP contribution in [0.3, 0.4) is 0 Å². The number of rotatable bonds is 11. The summed E-state index contributed by atoms with van der Waals surface area (Å²) in [6.45, 7) is 9.95. The highest BCUT2D eigenvalue weighted by molar-refractivity contribution is 5.95. The number of carbonyl (C=O) groups is 5. The Morgan fingerprint density at radius 2 is 1.46 bits per heavy atom. The third-order valence-electron chi connectivity index (χ3n) is 14.0. The molecule has 0 radical (unpaired) electrons. The molecule has 4 aliphatic rings. The standard InChI is InChI=1S/C48H55NO12/c1-27-33(59-44(54)38(57-8)37(30-18-12-9-13-19-30)49-42(52)31-20-14-10-15-21-31)25-48(55)41(60-43(53)32-22-16-11-17-23-32)39-46(6,40(51)28(2)36(27)45(48,4)5)34(56-7)24-35-47(39,26-58-35)61-29(3)50/h9-23,28,33-35,37-39,41,55H,24-26H2,1-8H3,(H,49,52)/t28-,33?,34+,35-,37-,38+,39-,41-,46-,47-,48-/m1/s1. The van der Waals surface area contributed by atoms with E-state index in [2.05, 4.69) is 5.32 Å². The molecule has 7 rings (SSSR count). The molecule has 3 aliphatic carbocycles. The monoisotopic (exact) mass is 837 g/mol. The number of ether oxygens (including phenoxy) is 6. The number of Topliss-reactive ketones (excluding diaryl/α,β-unsaturated/α-hetero) is 1. The first kappa shape index (κ1) is 43.9. The number of nitrogens with one attached hydrogen (secondary N) is 1. The van der Waals surface area contributed by atoms with Crippen molar-refractivity contribution in [2.24, 2.45) is 22.7 Å². The Bertz CT molecular complexity index is 2190. The predicted octanol–water partition coefficient (Wildman–Crippen LogP) is 5.75. The van der Waals surface area contributed by atoms with Crippen LogP contribution in [0.25, 0.3) is 0 Å². The lowest BCUT2D eigenvalue weighted by Gasteiger charge is -2.68. The maximum atomic E-state index is 15.5. The quantitative estimate of drug-likeness (QED) is 0.136. The Morgan fingerprint density at radius 1 is 0.869 bits per heavy atom. The van der Waals surface area contributed by atoms with E-state index in [1.165, 1.54) is 21.1 Å². The second-order valence-electron chi connectivity index (χ2n) is 17.5. The number of hydrogen-bond acceptors (Lipinski definition) is 12. The fourth-order valence-corrected chi connectivity index (χ4v) is 11.0. The van der Waals surface area contributed by atoms with Gasteiger partial charge in [0, 0.05) is 50.9 Å². The summed E-state index contributed by atoms with van der Waals surface area (Å²) in [6, 6.07) is 24.7. The van der Waals surface area contributed by atoms with Crippen molar-refractivity contribution >= 4 is 29.6 Å². The third-order valence-corrected chi connectivity index (χ3v) is 14.0. The molecule has 1 amide bonds. The van der Waals surface area contributed by atoms with E-state index in [1.807, 2.05) is 6.07 Å². The van der Waals surface area contributed by atoms with Crippen molar-refractivity contribution in [1.82, 2.24) is 5.32 Å². The molecule has 13 nitrogen and oxygen atoms in total. The van der Waals surface area contributed by atoms with Crippen LogP contribution >= 0.6 is 0 Å². The molecule has 2 bridgehead atoms. The number of amides is 1. The molecule has 1 saturated heterocycles. The van der Waals surface area contributed by atoms with E-state index in [-0.39, 0.29) is 30.8 Å². The summed E-state index contributed by atoms with van der Waals surface area (Å²) in [5.74, 6) is -5.11. The molecule has 3 fully saturated rings. The topological polar surface area (TPSA) is 173 Å². The van der Waals surface area contributed by atoms with Gasteiger partial charge in [-0.2, -0.15) is 0 Å². The molecule has 3 aromatic rings. The van der Waals surface area contributed by atoms with Crippen LogP contribution in [-0.4, -0.2) is 97.3 Å². The van der Waals surface area contributed by atoms with E-state index in [0.29, 0.717) is 22.3 Å². The number of aliphatic hydroxyl groups is 1. The number of fused-ring (bicyclic) bond motifs is 5. The van der Waals surface area contributed by atoms with Crippen molar-refractivity contribution < 1.29 is 57.5 Å². The smallest absolute Gasteiger partial charge is 0.338 e. The Balaban J connectivity index is 1.37. The van der Waals surface area contributed by atoms with Crippen LogP contribution in [0.5, 0.6) is 0 Å². The van der Waals surface area contributed by atoms with Crippen molar-refractivity contribution in [1.29, 1.82) is 0 Å². The zero-order chi connectivity index (χ0) is 44.1. The summed E-state index contributed by atoms with van der Waals surface area (Å²) in [6.07, 6.45) is -5.80. The highest BCUT2D eigenvalue weighted by Crippen LogP contribution is 2.65. The first-order valence-electron chi connectivity index (χ1n) is 20.7. The Kier molecular flexibility index (Phi) is 11.9. The summed E-state index contributed by atoms with van der Waals surface area (Å²) in [7, 11) is 2.83. The molecular weight excluding hydrogens is 783 g/mol. The second kappa shape index (κ2) is 16.6. The van der Waals surface area contributed by atoms with Gasteiger partial charge in [0.1, 0.15) is 29.7 Å². The normalized spacial score (nSPS) is 32.3. The first-order chi connectivity index (χ1) is 29.0. The molecule has 2 saturated carbocycles. The molecule has 61 heavy (non-hydrogen) atoms. The average Bonchev–Trinajstić information content (AvgIpc) is 3.24. The zero-order valence-electron chi connectivity index (χ0n) is 35.8. The van der Waals surface area contributed by atoms with Crippen LogP contribution in [-0.2, 0) is 42.8 Å². The summed E-state index contributed by atoms with van der Waals surface area (Å²) < 4.78 is 37.2. The van der Waals surface area contributed by atoms with Crippen LogP contribution in [0.4, 0.5) is 0 Å². The van der Waals surface area contributed by atoms with Gasteiger partial charge in [0.15, 0.2) is 11.7 Å². The second-order valence-corrected chi connectivity index (χ2v) is 17.5. The minimum atomic E-state index is -2.09. The van der Waals surface area contributed by atoms with Crippen LogP contribution in [0.2, 0.25) is 0 Å². The molecular formula is C48H55NO12. The lowest BCUT2D eigenvalue weighted by molar-refractivity contribution is -0.346. The number of hydrogen-bond donors (Lipinski definition) is 2. The van der Waals surface area contributed by atoms with Crippen molar-refractivity contribution in [3.8, 4) is 0 Å². The van der Waals surface area contributed by atoms with Gasteiger partial charge in [-0.1, -0.05) is 87.5 Å².